The molecular formula is C13H25N3O. The summed E-state index contributed by atoms with van der Waals surface area (Å²) >= 11 is 0. The standard InChI is InChI=1S/C13H25N3O/c1-13(9-14)6-7-16(10-13)8-12(17)15-11-4-2-3-5-11/h11H,2-10,14H2,1H3,(H,15,17). The predicted octanol–water partition coefficient (Wildman–Crippen LogP) is 0.716. The molecule has 1 unspecified atom stereocenters. The number of amides is 1. The first kappa shape index (κ1) is 12.8. The number of hydrogen-bond donors (Lipinski definition) is 2. The van der Waals surface area contributed by atoms with Gasteiger partial charge in [0.15, 0.2) is 0 Å². The van der Waals surface area contributed by atoms with Crippen molar-refractivity contribution < 1.29 is 4.79 Å². The lowest BCUT2D eigenvalue weighted by atomic mass is 9.90. The smallest absolute Gasteiger partial charge is 0.234 e. The Morgan fingerprint density at radius 3 is 2.76 bits per heavy atom. The van der Waals surface area contributed by atoms with E-state index in [0.29, 0.717) is 19.1 Å². The van der Waals surface area contributed by atoms with Gasteiger partial charge in [0.1, 0.15) is 0 Å². The number of likely N-dealkylation sites (tertiary alicyclic amines) is 1. The van der Waals surface area contributed by atoms with Crippen LogP contribution in [0.5, 0.6) is 0 Å². The molecule has 4 nitrogen and oxygen atoms in total. The van der Waals surface area contributed by atoms with Crippen LogP contribution in [-0.4, -0.2) is 43.0 Å². The average Bonchev–Trinajstić information content (AvgIpc) is 2.90. The van der Waals surface area contributed by atoms with E-state index in [1.165, 1.54) is 12.8 Å². The van der Waals surface area contributed by atoms with Gasteiger partial charge < -0.3 is 11.1 Å². The van der Waals surface area contributed by atoms with Crippen molar-refractivity contribution in [1.82, 2.24) is 10.2 Å². The Labute approximate surface area is 104 Å². The monoisotopic (exact) mass is 239 g/mol. The van der Waals surface area contributed by atoms with Crippen molar-refractivity contribution in [2.75, 3.05) is 26.2 Å². The fraction of sp³-hybridized carbons (Fsp3) is 0.923. The zero-order valence-corrected chi connectivity index (χ0v) is 10.9. The zero-order valence-electron chi connectivity index (χ0n) is 10.9. The van der Waals surface area contributed by atoms with Crippen molar-refractivity contribution in [3.05, 3.63) is 0 Å². The Kier molecular flexibility index (Phi) is 4.05. The Bertz CT molecular complexity index is 276. The summed E-state index contributed by atoms with van der Waals surface area (Å²) in [6, 6.07) is 0.436. The maximum atomic E-state index is 11.9. The minimum absolute atomic E-state index is 0.193. The molecule has 0 aromatic heterocycles. The molecule has 0 aromatic rings. The van der Waals surface area contributed by atoms with E-state index >= 15 is 0 Å². The van der Waals surface area contributed by atoms with Crippen LogP contribution in [0, 0.1) is 5.41 Å². The highest BCUT2D eigenvalue weighted by molar-refractivity contribution is 5.78. The zero-order chi connectivity index (χ0) is 12.3. The van der Waals surface area contributed by atoms with Crippen molar-refractivity contribution in [3.8, 4) is 0 Å². The maximum Gasteiger partial charge on any atom is 0.234 e. The number of carbonyl (C=O) groups is 1. The molecule has 2 aliphatic rings. The van der Waals surface area contributed by atoms with E-state index in [2.05, 4.69) is 17.1 Å². The van der Waals surface area contributed by atoms with Gasteiger partial charge in [-0.25, -0.2) is 0 Å². The van der Waals surface area contributed by atoms with Gasteiger partial charge in [-0.15, -0.1) is 0 Å². The van der Waals surface area contributed by atoms with Gasteiger partial charge in [-0.1, -0.05) is 19.8 Å². The molecule has 2 fully saturated rings. The Morgan fingerprint density at radius 1 is 1.47 bits per heavy atom. The molecule has 0 bridgehead atoms. The highest BCUT2D eigenvalue weighted by Crippen LogP contribution is 2.28. The first-order valence-electron chi connectivity index (χ1n) is 6.83. The molecule has 17 heavy (non-hydrogen) atoms. The second-order valence-electron chi connectivity index (χ2n) is 6.02. The van der Waals surface area contributed by atoms with Gasteiger partial charge in [0, 0.05) is 12.6 Å². The molecule has 0 radical (unpaired) electrons. The molecule has 1 aliphatic heterocycles. The van der Waals surface area contributed by atoms with Crippen molar-refractivity contribution in [1.29, 1.82) is 0 Å². The number of hydrogen-bond acceptors (Lipinski definition) is 3. The second kappa shape index (κ2) is 5.36. The summed E-state index contributed by atoms with van der Waals surface area (Å²) in [6.07, 6.45) is 5.96. The minimum atomic E-state index is 0.193. The first-order chi connectivity index (χ1) is 8.11. The number of nitrogens with two attached hydrogens (primary N) is 1. The summed E-state index contributed by atoms with van der Waals surface area (Å²) < 4.78 is 0. The summed E-state index contributed by atoms with van der Waals surface area (Å²) in [6.45, 7) is 5.44. The number of nitrogens with one attached hydrogen (secondary N) is 1. The van der Waals surface area contributed by atoms with Crippen LogP contribution < -0.4 is 11.1 Å². The summed E-state index contributed by atoms with van der Waals surface area (Å²) in [5.41, 5.74) is 5.98. The fourth-order valence-electron chi connectivity index (χ4n) is 2.97. The summed E-state index contributed by atoms with van der Waals surface area (Å²) in [5, 5.41) is 3.14. The largest absolute Gasteiger partial charge is 0.352 e. The molecule has 1 amide bonds. The third kappa shape index (κ3) is 3.42. The van der Waals surface area contributed by atoms with Gasteiger partial charge in [-0.2, -0.15) is 0 Å². The molecule has 1 heterocycles. The Hall–Kier alpha value is -0.610. The first-order valence-corrected chi connectivity index (χ1v) is 6.83. The lowest BCUT2D eigenvalue weighted by molar-refractivity contribution is -0.122. The van der Waals surface area contributed by atoms with Gasteiger partial charge in [-0.3, -0.25) is 9.69 Å². The highest BCUT2D eigenvalue weighted by atomic mass is 16.2. The molecule has 4 heteroatoms. The third-order valence-electron chi connectivity index (χ3n) is 4.22. The summed E-state index contributed by atoms with van der Waals surface area (Å²) in [7, 11) is 0. The second-order valence-corrected chi connectivity index (χ2v) is 6.02. The molecule has 2 rings (SSSR count). The Morgan fingerprint density at radius 2 is 2.18 bits per heavy atom. The van der Waals surface area contributed by atoms with Crippen LogP contribution in [-0.2, 0) is 4.79 Å². The van der Waals surface area contributed by atoms with Crippen LogP contribution in [0.1, 0.15) is 39.0 Å². The molecule has 1 aliphatic carbocycles. The van der Waals surface area contributed by atoms with E-state index < -0.39 is 0 Å². The third-order valence-corrected chi connectivity index (χ3v) is 4.22. The molecular weight excluding hydrogens is 214 g/mol. The molecule has 1 atom stereocenters. The SMILES string of the molecule is CC1(CN)CCN(CC(=O)NC2CCCC2)C1. The van der Waals surface area contributed by atoms with Crippen LogP contribution in [0.4, 0.5) is 0 Å². The van der Waals surface area contributed by atoms with E-state index in [4.69, 9.17) is 5.73 Å². The Balaban J connectivity index is 1.72. The van der Waals surface area contributed by atoms with E-state index in [1.54, 1.807) is 0 Å². The molecule has 0 aromatic carbocycles. The lowest BCUT2D eigenvalue weighted by Crippen LogP contribution is -2.41. The maximum absolute atomic E-state index is 11.9. The van der Waals surface area contributed by atoms with Gasteiger partial charge in [0.2, 0.25) is 5.91 Å². The van der Waals surface area contributed by atoms with Crippen molar-refractivity contribution >= 4 is 5.91 Å². The van der Waals surface area contributed by atoms with Crippen LogP contribution in [0.15, 0.2) is 0 Å². The number of carbonyl (C=O) groups excluding carboxylic acids is 1. The van der Waals surface area contributed by atoms with Gasteiger partial charge in [-0.05, 0) is 37.8 Å². The van der Waals surface area contributed by atoms with Crippen LogP contribution in [0.3, 0.4) is 0 Å². The molecule has 1 saturated heterocycles. The van der Waals surface area contributed by atoms with Crippen LogP contribution in [0.25, 0.3) is 0 Å². The lowest BCUT2D eigenvalue weighted by Gasteiger charge is -2.22. The molecule has 3 N–H and O–H groups in total. The van der Waals surface area contributed by atoms with E-state index in [-0.39, 0.29) is 11.3 Å². The van der Waals surface area contributed by atoms with Crippen molar-refractivity contribution in [2.24, 2.45) is 11.1 Å². The van der Waals surface area contributed by atoms with E-state index in [1.807, 2.05) is 0 Å². The number of rotatable bonds is 4. The summed E-state index contributed by atoms with van der Waals surface area (Å²) in [4.78, 5) is 14.1. The van der Waals surface area contributed by atoms with Crippen LogP contribution >= 0.6 is 0 Å². The van der Waals surface area contributed by atoms with E-state index in [9.17, 15) is 4.79 Å². The van der Waals surface area contributed by atoms with E-state index in [0.717, 1.165) is 32.4 Å². The number of nitrogens with zero attached hydrogens (tertiary/aromatic N) is 1. The van der Waals surface area contributed by atoms with Crippen molar-refractivity contribution in [2.45, 2.75) is 45.1 Å². The fourth-order valence-corrected chi connectivity index (χ4v) is 2.97. The van der Waals surface area contributed by atoms with Gasteiger partial charge in [0.05, 0.1) is 6.54 Å². The molecule has 98 valence electrons. The highest BCUT2D eigenvalue weighted by Gasteiger charge is 2.33. The normalized spacial score (nSPS) is 30.9. The quantitative estimate of drug-likeness (QED) is 0.760. The minimum Gasteiger partial charge on any atom is -0.352 e. The van der Waals surface area contributed by atoms with Crippen LogP contribution in [0.2, 0.25) is 0 Å². The summed E-state index contributed by atoms with van der Waals surface area (Å²) in [5.74, 6) is 0.193. The molecule has 1 saturated carbocycles. The van der Waals surface area contributed by atoms with Gasteiger partial charge >= 0.3 is 0 Å². The van der Waals surface area contributed by atoms with Gasteiger partial charge in [0.25, 0.3) is 0 Å². The predicted molar refractivity (Wildman–Crippen MR) is 68.6 cm³/mol. The van der Waals surface area contributed by atoms with Crippen molar-refractivity contribution in [3.63, 3.8) is 0 Å². The molecule has 0 spiro atoms. The topological polar surface area (TPSA) is 58.4 Å². The average molecular weight is 239 g/mol.